The number of para-hydroxylation sites is 2. The van der Waals surface area contributed by atoms with Gasteiger partial charge in [-0.1, -0.05) is 66.4 Å². The molecule has 3 aromatic carbocycles. The Bertz CT molecular complexity index is 1010. The zero-order valence-corrected chi connectivity index (χ0v) is 17.3. The molecule has 0 radical (unpaired) electrons. The number of benzene rings is 3. The maximum absolute atomic E-state index is 5.98. The number of hydrogen-bond acceptors (Lipinski definition) is 4. The number of hydrazone groups is 1. The summed E-state index contributed by atoms with van der Waals surface area (Å²) in [4.78, 5) is 1.12. The van der Waals surface area contributed by atoms with Crippen LogP contribution < -0.4 is 5.01 Å². The van der Waals surface area contributed by atoms with E-state index in [1.807, 2.05) is 89.9 Å². The zero-order valence-electron chi connectivity index (χ0n) is 14.9. The summed E-state index contributed by atoms with van der Waals surface area (Å²) in [6.45, 7) is 0. The number of rotatable bonds is 6. The van der Waals surface area contributed by atoms with Crippen LogP contribution in [0.25, 0.3) is 0 Å². The Kier molecular flexibility index (Phi) is 5.95. The topological polar surface area (TPSA) is 28.7 Å². The Morgan fingerprint density at radius 3 is 1.89 bits per heavy atom. The van der Waals surface area contributed by atoms with Crippen LogP contribution in [0.3, 0.4) is 0 Å². The van der Waals surface area contributed by atoms with Crippen molar-refractivity contribution in [3.05, 3.63) is 107 Å². The smallest absolute Gasteiger partial charge is 0.180 e. The molecule has 0 atom stereocenters. The summed E-state index contributed by atoms with van der Waals surface area (Å²) in [7, 11) is 0. The molecule has 4 aromatic rings. The number of furan rings is 1. The lowest BCUT2D eigenvalue weighted by atomic mass is 10.2. The lowest BCUT2D eigenvalue weighted by molar-refractivity contribution is 0.466. The highest BCUT2D eigenvalue weighted by atomic mass is 79.9. The summed E-state index contributed by atoms with van der Waals surface area (Å²) in [6.07, 6.45) is 1.74. The molecule has 138 valence electrons. The van der Waals surface area contributed by atoms with E-state index in [0.717, 1.165) is 25.8 Å². The van der Waals surface area contributed by atoms with Crippen LogP contribution in [0.4, 0.5) is 11.4 Å². The number of nitrogens with zero attached hydrogens (tertiary/aromatic N) is 2. The van der Waals surface area contributed by atoms with E-state index in [1.54, 1.807) is 18.0 Å². The number of hydrogen-bond donors (Lipinski definition) is 0. The molecule has 1 aromatic heterocycles. The van der Waals surface area contributed by atoms with E-state index in [4.69, 9.17) is 4.42 Å². The first kappa shape index (κ1) is 18.6. The van der Waals surface area contributed by atoms with Gasteiger partial charge in [-0.05, 0) is 52.3 Å². The monoisotopic (exact) mass is 448 g/mol. The van der Waals surface area contributed by atoms with Gasteiger partial charge in [0.1, 0.15) is 5.76 Å². The lowest BCUT2D eigenvalue weighted by Gasteiger charge is -2.18. The van der Waals surface area contributed by atoms with Gasteiger partial charge in [-0.2, -0.15) is 5.10 Å². The van der Waals surface area contributed by atoms with Crippen LogP contribution in [0.5, 0.6) is 0 Å². The highest BCUT2D eigenvalue weighted by Crippen LogP contribution is 2.35. The van der Waals surface area contributed by atoms with Crippen molar-refractivity contribution in [2.24, 2.45) is 5.10 Å². The SMILES string of the molecule is Brc1cc(/C=N\N(c2ccccc2)c2ccccc2)oc1Sc1ccccc1. The van der Waals surface area contributed by atoms with Gasteiger partial charge in [0, 0.05) is 11.0 Å². The first-order chi connectivity index (χ1) is 13.8. The average Bonchev–Trinajstić information content (AvgIpc) is 3.10. The average molecular weight is 449 g/mol. The Balaban J connectivity index is 1.60. The van der Waals surface area contributed by atoms with Gasteiger partial charge in [0.2, 0.25) is 0 Å². The van der Waals surface area contributed by atoms with Crippen molar-refractivity contribution in [2.45, 2.75) is 9.99 Å². The highest BCUT2D eigenvalue weighted by Gasteiger charge is 2.11. The van der Waals surface area contributed by atoms with Crippen LogP contribution in [-0.2, 0) is 0 Å². The summed E-state index contributed by atoms with van der Waals surface area (Å²) >= 11 is 5.15. The third-order valence-corrected chi connectivity index (χ3v) is 5.78. The molecule has 0 unspecified atom stereocenters. The predicted molar refractivity (Wildman–Crippen MR) is 120 cm³/mol. The van der Waals surface area contributed by atoms with E-state index >= 15 is 0 Å². The molecule has 0 amide bonds. The minimum absolute atomic E-state index is 0.683. The summed E-state index contributed by atoms with van der Waals surface area (Å²) in [5.74, 6) is 0.683. The molecule has 4 rings (SSSR count). The van der Waals surface area contributed by atoms with Crippen molar-refractivity contribution >= 4 is 45.3 Å². The van der Waals surface area contributed by atoms with Crippen molar-refractivity contribution < 1.29 is 4.42 Å². The Morgan fingerprint density at radius 2 is 1.32 bits per heavy atom. The quantitative estimate of drug-likeness (QED) is 0.227. The molecule has 0 aliphatic carbocycles. The highest BCUT2D eigenvalue weighted by molar-refractivity contribution is 9.10. The van der Waals surface area contributed by atoms with E-state index in [0.29, 0.717) is 5.76 Å². The van der Waals surface area contributed by atoms with Crippen molar-refractivity contribution in [2.75, 3.05) is 5.01 Å². The third-order valence-electron chi connectivity index (χ3n) is 3.93. The standard InChI is InChI=1S/C23H17BrN2OS/c24-22-16-20(27-23(22)28-21-14-8-3-9-15-21)17-25-26(18-10-4-1-5-11-18)19-12-6-2-7-13-19/h1-17H/b25-17-. The van der Waals surface area contributed by atoms with E-state index in [9.17, 15) is 0 Å². The van der Waals surface area contributed by atoms with Gasteiger partial charge < -0.3 is 4.42 Å². The predicted octanol–water partition coefficient (Wildman–Crippen LogP) is 7.37. The molecule has 3 nitrogen and oxygen atoms in total. The largest absolute Gasteiger partial charge is 0.447 e. The third kappa shape index (κ3) is 4.55. The minimum Gasteiger partial charge on any atom is -0.447 e. The van der Waals surface area contributed by atoms with Crippen molar-refractivity contribution in [3.8, 4) is 0 Å². The van der Waals surface area contributed by atoms with Crippen molar-refractivity contribution in [3.63, 3.8) is 0 Å². The molecule has 0 fully saturated rings. The Morgan fingerprint density at radius 1 is 0.786 bits per heavy atom. The molecule has 0 spiro atoms. The van der Waals surface area contributed by atoms with Crippen LogP contribution in [-0.4, -0.2) is 6.21 Å². The first-order valence-corrected chi connectivity index (χ1v) is 10.4. The molecule has 0 aliphatic rings. The Hall–Kier alpha value is -2.76. The molecular weight excluding hydrogens is 432 g/mol. The molecule has 0 bridgehead atoms. The van der Waals surface area contributed by atoms with Gasteiger partial charge >= 0.3 is 0 Å². The fraction of sp³-hybridized carbons (Fsp3) is 0. The van der Waals surface area contributed by atoms with Crippen LogP contribution in [0.15, 0.2) is 121 Å². The molecule has 0 N–H and O–H groups in total. The molecule has 0 saturated heterocycles. The normalized spacial score (nSPS) is 11.0. The first-order valence-electron chi connectivity index (χ1n) is 8.76. The molecule has 28 heavy (non-hydrogen) atoms. The van der Waals surface area contributed by atoms with Gasteiger partial charge in [-0.25, -0.2) is 5.01 Å². The van der Waals surface area contributed by atoms with E-state index < -0.39 is 0 Å². The maximum Gasteiger partial charge on any atom is 0.180 e. The van der Waals surface area contributed by atoms with Crippen molar-refractivity contribution in [1.82, 2.24) is 0 Å². The fourth-order valence-electron chi connectivity index (χ4n) is 2.63. The van der Waals surface area contributed by atoms with Crippen LogP contribution in [0.1, 0.15) is 5.76 Å². The number of anilines is 2. The maximum atomic E-state index is 5.98. The summed E-state index contributed by atoms with van der Waals surface area (Å²) < 4.78 is 6.89. The number of halogens is 1. The molecule has 1 heterocycles. The summed E-state index contributed by atoms with van der Waals surface area (Å²) in [5.41, 5.74) is 1.96. The van der Waals surface area contributed by atoms with Gasteiger partial charge in [0.15, 0.2) is 5.09 Å². The Labute approximate surface area is 176 Å². The zero-order chi connectivity index (χ0) is 19.2. The second-order valence-corrected chi connectivity index (χ2v) is 7.83. The van der Waals surface area contributed by atoms with E-state index in [2.05, 4.69) is 33.2 Å². The lowest BCUT2D eigenvalue weighted by Crippen LogP contribution is -2.08. The summed E-state index contributed by atoms with van der Waals surface area (Å²) in [6, 6.07) is 32.2. The van der Waals surface area contributed by atoms with Gasteiger partial charge in [-0.3, -0.25) is 0 Å². The molecular formula is C23H17BrN2OS. The van der Waals surface area contributed by atoms with Gasteiger partial charge in [0.05, 0.1) is 22.1 Å². The minimum atomic E-state index is 0.683. The molecule has 0 saturated carbocycles. The second kappa shape index (κ2) is 8.95. The second-order valence-electron chi connectivity index (χ2n) is 5.93. The molecule has 5 heteroatoms. The van der Waals surface area contributed by atoms with E-state index in [1.165, 1.54) is 0 Å². The van der Waals surface area contributed by atoms with Gasteiger partial charge in [-0.15, -0.1) is 0 Å². The van der Waals surface area contributed by atoms with Gasteiger partial charge in [0.25, 0.3) is 0 Å². The van der Waals surface area contributed by atoms with Crippen LogP contribution in [0.2, 0.25) is 0 Å². The summed E-state index contributed by atoms with van der Waals surface area (Å²) in [5, 5.41) is 7.37. The fourth-order valence-corrected chi connectivity index (χ4v) is 3.98. The van der Waals surface area contributed by atoms with Crippen molar-refractivity contribution in [1.29, 1.82) is 0 Å². The van der Waals surface area contributed by atoms with E-state index in [-0.39, 0.29) is 0 Å². The van der Waals surface area contributed by atoms with Crippen LogP contribution >= 0.6 is 27.7 Å². The van der Waals surface area contributed by atoms with Crippen LogP contribution in [0, 0.1) is 0 Å². The molecule has 0 aliphatic heterocycles.